The number of phenols is 1. The van der Waals surface area contributed by atoms with Gasteiger partial charge in [0.2, 0.25) is 0 Å². The van der Waals surface area contributed by atoms with Gasteiger partial charge < -0.3 is 20.1 Å². The summed E-state index contributed by atoms with van der Waals surface area (Å²) in [5, 5.41) is 15.4. The van der Waals surface area contributed by atoms with Crippen molar-refractivity contribution >= 4 is 17.4 Å². The van der Waals surface area contributed by atoms with Gasteiger partial charge in [-0.1, -0.05) is 12.1 Å². The van der Waals surface area contributed by atoms with Crippen LogP contribution in [-0.4, -0.2) is 27.1 Å². The first-order valence-corrected chi connectivity index (χ1v) is 8.89. The van der Waals surface area contributed by atoms with Crippen LogP contribution in [0.25, 0.3) is 5.65 Å². The van der Waals surface area contributed by atoms with Gasteiger partial charge in [0.1, 0.15) is 11.4 Å². The van der Waals surface area contributed by atoms with E-state index in [4.69, 9.17) is 4.98 Å². The maximum atomic E-state index is 11.7. The Balaban J connectivity index is 1.68. The number of rotatable bonds is 6. The molecule has 0 aliphatic rings. The van der Waals surface area contributed by atoms with Gasteiger partial charge in [0, 0.05) is 18.4 Å². The molecule has 0 saturated heterocycles. The molecule has 3 rings (SSSR count). The molecule has 0 radical (unpaired) electrons. The molecule has 27 heavy (non-hydrogen) atoms. The Hall–Kier alpha value is -3.28. The fourth-order valence-electron chi connectivity index (χ4n) is 2.99. The molecule has 0 fully saturated rings. The largest absolute Gasteiger partial charge is 0.506 e. The van der Waals surface area contributed by atoms with Gasteiger partial charge >= 0.3 is 6.03 Å². The lowest BCUT2D eigenvalue weighted by Crippen LogP contribution is -2.28. The van der Waals surface area contributed by atoms with Gasteiger partial charge in [-0.2, -0.15) is 0 Å². The zero-order chi connectivity index (χ0) is 19.4. The molecule has 0 aliphatic heterocycles. The second kappa shape index (κ2) is 7.95. The van der Waals surface area contributed by atoms with Crippen molar-refractivity contribution in [2.24, 2.45) is 0 Å². The summed E-state index contributed by atoms with van der Waals surface area (Å²) >= 11 is 0. The number of carbonyl (C=O) groups is 1. The number of fused-ring (bicyclic) bond motifs is 1. The Morgan fingerprint density at radius 1 is 1.26 bits per heavy atom. The van der Waals surface area contributed by atoms with Crippen molar-refractivity contribution in [1.29, 1.82) is 0 Å². The monoisotopic (exact) mass is 364 g/mol. The van der Waals surface area contributed by atoms with Crippen LogP contribution in [0.1, 0.15) is 22.5 Å². The number of imidazole rings is 1. The molecular weight excluding hydrogens is 340 g/mol. The zero-order valence-electron chi connectivity index (χ0n) is 15.6. The van der Waals surface area contributed by atoms with Crippen molar-refractivity contribution in [3.05, 3.63) is 71.7 Å². The average Bonchev–Trinajstić information content (AvgIpc) is 2.95. The zero-order valence-corrected chi connectivity index (χ0v) is 15.6. The molecule has 2 amide bonds. The summed E-state index contributed by atoms with van der Waals surface area (Å²) in [6, 6.07) is 9.04. The number of aromatic hydroxyl groups is 1. The van der Waals surface area contributed by atoms with E-state index in [9.17, 15) is 9.90 Å². The van der Waals surface area contributed by atoms with Crippen LogP contribution in [0.2, 0.25) is 0 Å². The first kappa shape index (κ1) is 18.5. The lowest BCUT2D eigenvalue weighted by Gasteiger charge is -2.09. The quantitative estimate of drug-likeness (QED) is 0.460. The third kappa shape index (κ3) is 4.28. The van der Waals surface area contributed by atoms with Crippen LogP contribution in [0.5, 0.6) is 5.75 Å². The van der Waals surface area contributed by atoms with E-state index in [1.807, 2.05) is 12.3 Å². The van der Waals surface area contributed by atoms with Gasteiger partial charge in [0.15, 0.2) is 0 Å². The smallest absolute Gasteiger partial charge is 0.319 e. The van der Waals surface area contributed by atoms with Gasteiger partial charge in [-0.15, -0.1) is 6.58 Å². The van der Waals surface area contributed by atoms with Gasteiger partial charge in [0.25, 0.3) is 0 Å². The number of aryl methyl sites for hydroxylation is 4. The van der Waals surface area contributed by atoms with Crippen molar-refractivity contribution in [3.8, 4) is 5.75 Å². The van der Waals surface area contributed by atoms with Crippen molar-refractivity contribution in [2.45, 2.75) is 26.7 Å². The standard InChI is InChI=1S/C21H24N4O2/c1-4-10-22-21(27)24-18-8-6-16(13-19(18)26)5-7-17-15(3)25-11-9-14(2)12-20(25)23-17/h4,6,8-9,11-13,26H,1,5,7,10H2,2-3H3,(H2,22,24,27). The highest BCUT2D eigenvalue weighted by molar-refractivity contribution is 5.90. The Kier molecular flexibility index (Phi) is 5.45. The molecule has 6 nitrogen and oxygen atoms in total. The predicted octanol–water partition coefficient (Wildman–Crippen LogP) is 3.75. The van der Waals surface area contributed by atoms with Crippen molar-refractivity contribution < 1.29 is 9.90 Å². The highest BCUT2D eigenvalue weighted by Crippen LogP contribution is 2.25. The van der Waals surface area contributed by atoms with Crippen molar-refractivity contribution in [3.63, 3.8) is 0 Å². The fraction of sp³-hybridized carbons (Fsp3) is 0.238. The van der Waals surface area contributed by atoms with Crippen LogP contribution in [0.4, 0.5) is 10.5 Å². The third-order valence-corrected chi connectivity index (χ3v) is 4.49. The molecule has 0 atom stereocenters. The van der Waals surface area contributed by atoms with E-state index < -0.39 is 0 Å². The van der Waals surface area contributed by atoms with Crippen molar-refractivity contribution in [1.82, 2.24) is 14.7 Å². The number of nitrogens with zero attached hydrogens (tertiary/aromatic N) is 2. The summed E-state index contributed by atoms with van der Waals surface area (Å²) < 4.78 is 2.09. The highest BCUT2D eigenvalue weighted by atomic mass is 16.3. The second-order valence-corrected chi connectivity index (χ2v) is 6.55. The van der Waals surface area contributed by atoms with Gasteiger partial charge in [-0.25, -0.2) is 9.78 Å². The van der Waals surface area contributed by atoms with E-state index in [1.54, 1.807) is 18.2 Å². The minimum atomic E-state index is -0.381. The minimum Gasteiger partial charge on any atom is -0.506 e. The van der Waals surface area contributed by atoms with Crippen LogP contribution in [-0.2, 0) is 12.8 Å². The van der Waals surface area contributed by atoms with Gasteiger partial charge in [0.05, 0.1) is 11.4 Å². The van der Waals surface area contributed by atoms with E-state index >= 15 is 0 Å². The van der Waals surface area contributed by atoms with E-state index in [-0.39, 0.29) is 11.8 Å². The molecular formula is C21H24N4O2. The normalized spacial score (nSPS) is 10.7. The van der Waals surface area contributed by atoms with E-state index in [0.717, 1.165) is 35.4 Å². The number of phenolic OH excluding ortho intramolecular Hbond substituents is 1. The van der Waals surface area contributed by atoms with Crippen molar-refractivity contribution in [2.75, 3.05) is 11.9 Å². The first-order valence-electron chi connectivity index (χ1n) is 8.89. The Bertz CT molecular complexity index is 991. The van der Waals surface area contributed by atoms with E-state index in [0.29, 0.717) is 12.2 Å². The molecule has 2 heterocycles. The Labute approximate surface area is 158 Å². The number of hydrogen-bond donors (Lipinski definition) is 3. The summed E-state index contributed by atoms with van der Waals surface area (Å²) in [5.41, 5.74) is 5.67. The Morgan fingerprint density at radius 2 is 2.07 bits per heavy atom. The number of benzene rings is 1. The predicted molar refractivity (Wildman–Crippen MR) is 107 cm³/mol. The molecule has 140 valence electrons. The molecule has 3 aromatic rings. The SMILES string of the molecule is C=CCNC(=O)Nc1ccc(CCc2nc3cc(C)ccn3c2C)cc1O. The number of urea groups is 1. The molecule has 0 unspecified atom stereocenters. The fourth-order valence-corrected chi connectivity index (χ4v) is 2.99. The number of carbonyl (C=O) groups excluding carboxylic acids is 1. The van der Waals surface area contributed by atoms with Crippen LogP contribution < -0.4 is 10.6 Å². The molecule has 3 N–H and O–H groups in total. The summed E-state index contributed by atoms with van der Waals surface area (Å²) in [7, 11) is 0. The molecule has 1 aromatic carbocycles. The number of anilines is 1. The molecule has 6 heteroatoms. The van der Waals surface area contributed by atoms with Gasteiger partial charge in [-0.05, 0) is 62.1 Å². The Morgan fingerprint density at radius 3 is 2.81 bits per heavy atom. The van der Waals surface area contributed by atoms with Crippen LogP contribution in [0, 0.1) is 13.8 Å². The van der Waals surface area contributed by atoms with Crippen LogP contribution in [0.15, 0.2) is 49.2 Å². The molecule has 0 bridgehead atoms. The maximum absolute atomic E-state index is 11.7. The van der Waals surface area contributed by atoms with E-state index in [2.05, 4.69) is 47.6 Å². The minimum absolute atomic E-state index is 0.0450. The summed E-state index contributed by atoms with van der Waals surface area (Å²) in [6.07, 6.45) is 5.16. The third-order valence-electron chi connectivity index (χ3n) is 4.49. The highest BCUT2D eigenvalue weighted by Gasteiger charge is 2.10. The topological polar surface area (TPSA) is 78.7 Å². The summed E-state index contributed by atoms with van der Waals surface area (Å²) in [5.74, 6) is 0.0450. The first-order chi connectivity index (χ1) is 13.0. The molecule has 2 aromatic heterocycles. The number of nitrogens with one attached hydrogen (secondary N) is 2. The van der Waals surface area contributed by atoms with Crippen LogP contribution >= 0.6 is 0 Å². The maximum Gasteiger partial charge on any atom is 0.319 e. The number of aromatic nitrogens is 2. The second-order valence-electron chi connectivity index (χ2n) is 6.55. The molecule has 0 spiro atoms. The lowest BCUT2D eigenvalue weighted by atomic mass is 10.1. The van der Waals surface area contributed by atoms with Crippen LogP contribution in [0.3, 0.4) is 0 Å². The summed E-state index contributed by atoms with van der Waals surface area (Å²) in [6.45, 7) is 8.03. The number of amides is 2. The average molecular weight is 364 g/mol. The molecule has 0 aliphatic carbocycles. The number of hydrogen-bond acceptors (Lipinski definition) is 3. The number of pyridine rings is 1. The van der Waals surface area contributed by atoms with E-state index in [1.165, 1.54) is 5.56 Å². The summed E-state index contributed by atoms with van der Waals surface area (Å²) in [4.78, 5) is 16.4. The van der Waals surface area contributed by atoms with Gasteiger partial charge in [-0.3, -0.25) is 0 Å². The molecule has 0 saturated carbocycles. The lowest BCUT2D eigenvalue weighted by molar-refractivity contribution is 0.253.